The van der Waals surface area contributed by atoms with E-state index in [4.69, 9.17) is 5.73 Å². The molecule has 0 saturated carbocycles. The molecule has 3 N–H and O–H groups in total. The Bertz CT molecular complexity index is 640. The largest absolute Gasteiger partial charge is 0.398 e. The molecule has 2 aromatic carbocycles. The molecule has 0 spiro atoms. The van der Waals surface area contributed by atoms with Crippen LogP contribution in [0, 0.1) is 6.92 Å². The van der Waals surface area contributed by atoms with E-state index in [9.17, 15) is 4.79 Å². The zero-order valence-corrected chi connectivity index (χ0v) is 13.1. The maximum Gasteiger partial charge on any atom is 0.252 e. The van der Waals surface area contributed by atoms with Crippen molar-refractivity contribution in [2.45, 2.75) is 19.9 Å². The third-order valence-electron chi connectivity index (χ3n) is 3.25. The molecule has 4 heteroatoms. The Balaban J connectivity index is 2.20. The highest BCUT2D eigenvalue weighted by Gasteiger charge is 2.15. The number of carbonyl (C=O) groups is 1. The summed E-state index contributed by atoms with van der Waals surface area (Å²) in [5, 5.41) is 2.98. The highest BCUT2D eigenvalue weighted by atomic mass is 79.9. The van der Waals surface area contributed by atoms with E-state index in [0.717, 1.165) is 15.6 Å². The monoisotopic (exact) mass is 332 g/mol. The van der Waals surface area contributed by atoms with E-state index in [1.54, 1.807) is 0 Å². The summed E-state index contributed by atoms with van der Waals surface area (Å²) in [5.74, 6) is -0.0976. The molecule has 0 aliphatic heterocycles. The maximum atomic E-state index is 12.3. The smallest absolute Gasteiger partial charge is 0.252 e. The van der Waals surface area contributed by atoms with Crippen LogP contribution < -0.4 is 11.1 Å². The SMILES string of the molecule is Cc1ccc(Br)cc1C(=O)NC(C)c1ccccc1N. The van der Waals surface area contributed by atoms with Crippen LogP contribution in [0.25, 0.3) is 0 Å². The second kappa shape index (κ2) is 6.09. The molecule has 0 aromatic heterocycles. The Hall–Kier alpha value is -1.81. The summed E-state index contributed by atoms with van der Waals surface area (Å²) in [7, 11) is 0. The van der Waals surface area contributed by atoms with Gasteiger partial charge in [-0.15, -0.1) is 0 Å². The molecular weight excluding hydrogens is 316 g/mol. The summed E-state index contributed by atoms with van der Waals surface area (Å²) in [6.07, 6.45) is 0. The fourth-order valence-corrected chi connectivity index (χ4v) is 2.46. The van der Waals surface area contributed by atoms with Gasteiger partial charge in [0.15, 0.2) is 0 Å². The molecule has 1 amide bonds. The first-order valence-corrected chi connectivity index (χ1v) is 7.19. The number of benzene rings is 2. The highest BCUT2D eigenvalue weighted by Crippen LogP contribution is 2.21. The number of hydrogen-bond donors (Lipinski definition) is 2. The van der Waals surface area contributed by atoms with Crippen molar-refractivity contribution in [1.29, 1.82) is 0 Å². The van der Waals surface area contributed by atoms with Gasteiger partial charge in [-0.25, -0.2) is 0 Å². The van der Waals surface area contributed by atoms with E-state index in [1.807, 2.05) is 56.3 Å². The molecule has 0 heterocycles. The minimum Gasteiger partial charge on any atom is -0.398 e. The quantitative estimate of drug-likeness (QED) is 0.839. The van der Waals surface area contributed by atoms with Gasteiger partial charge in [0.05, 0.1) is 6.04 Å². The summed E-state index contributed by atoms with van der Waals surface area (Å²) in [5.41, 5.74) is 9.15. The van der Waals surface area contributed by atoms with Crippen molar-refractivity contribution < 1.29 is 4.79 Å². The molecule has 2 rings (SSSR count). The van der Waals surface area contributed by atoms with E-state index >= 15 is 0 Å². The lowest BCUT2D eigenvalue weighted by molar-refractivity contribution is 0.0939. The van der Waals surface area contributed by atoms with Crippen LogP contribution in [0.15, 0.2) is 46.9 Å². The average Bonchev–Trinajstić information content (AvgIpc) is 2.41. The molecule has 3 nitrogen and oxygen atoms in total. The van der Waals surface area contributed by atoms with Gasteiger partial charge in [-0.1, -0.05) is 40.2 Å². The molecule has 0 saturated heterocycles. The number of aryl methyl sites for hydroxylation is 1. The van der Waals surface area contributed by atoms with Gasteiger partial charge in [-0.3, -0.25) is 4.79 Å². The van der Waals surface area contributed by atoms with Gasteiger partial charge >= 0.3 is 0 Å². The van der Waals surface area contributed by atoms with Gasteiger partial charge < -0.3 is 11.1 Å². The second-order valence-electron chi connectivity index (χ2n) is 4.78. The molecular formula is C16H17BrN2O. The molecule has 104 valence electrons. The van der Waals surface area contributed by atoms with E-state index in [-0.39, 0.29) is 11.9 Å². The van der Waals surface area contributed by atoms with E-state index in [2.05, 4.69) is 21.2 Å². The van der Waals surface area contributed by atoms with Crippen LogP contribution in [0.1, 0.15) is 34.5 Å². The number of nitrogens with one attached hydrogen (secondary N) is 1. The van der Waals surface area contributed by atoms with Crippen molar-refractivity contribution in [2.24, 2.45) is 0 Å². The Labute approximate surface area is 127 Å². The number of nitrogens with two attached hydrogens (primary N) is 1. The number of halogens is 1. The van der Waals surface area contributed by atoms with Crippen molar-refractivity contribution in [3.05, 3.63) is 63.6 Å². The summed E-state index contributed by atoms with van der Waals surface area (Å²) < 4.78 is 0.889. The number of nitrogen functional groups attached to an aromatic ring is 1. The number of rotatable bonds is 3. The number of carbonyl (C=O) groups excluding carboxylic acids is 1. The molecule has 1 unspecified atom stereocenters. The lowest BCUT2D eigenvalue weighted by Crippen LogP contribution is -2.27. The van der Waals surface area contributed by atoms with Crippen molar-refractivity contribution in [1.82, 2.24) is 5.32 Å². The number of para-hydroxylation sites is 1. The Morgan fingerprint density at radius 2 is 1.95 bits per heavy atom. The van der Waals surface area contributed by atoms with Crippen LogP contribution in [0.3, 0.4) is 0 Å². The first kappa shape index (κ1) is 14.6. The third-order valence-corrected chi connectivity index (χ3v) is 3.75. The second-order valence-corrected chi connectivity index (χ2v) is 5.70. The van der Waals surface area contributed by atoms with Crippen LogP contribution in [-0.4, -0.2) is 5.91 Å². The standard InChI is InChI=1S/C16H17BrN2O/c1-10-7-8-12(17)9-14(10)16(20)19-11(2)13-5-3-4-6-15(13)18/h3-9,11H,18H2,1-2H3,(H,19,20). The van der Waals surface area contributed by atoms with Crippen LogP contribution >= 0.6 is 15.9 Å². The van der Waals surface area contributed by atoms with Gasteiger partial charge in [-0.05, 0) is 43.2 Å². The van der Waals surface area contributed by atoms with E-state index < -0.39 is 0 Å². The number of hydrogen-bond acceptors (Lipinski definition) is 2. The van der Waals surface area contributed by atoms with Gasteiger partial charge in [0.2, 0.25) is 0 Å². The Morgan fingerprint density at radius 3 is 2.65 bits per heavy atom. The van der Waals surface area contributed by atoms with Gasteiger partial charge in [0.25, 0.3) is 5.91 Å². The molecule has 20 heavy (non-hydrogen) atoms. The van der Waals surface area contributed by atoms with Crippen LogP contribution in [0.5, 0.6) is 0 Å². The van der Waals surface area contributed by atoms with E-state index in [1.165, 1.54) is 0 Å². The summed E-state index contributed by atoms with van der Waals surface area (Å²) in [4.78, 5) is 12.3. The molecule has 0 aliphatic carbocycles. The predicted molar refractivity (Wildman–Crippen MR) is 85.6 cm³/mol. The molecule has 0 bridgehead atoms. The summed E-state index contributed by atoms with van der Waals surface area (Å²) >= 11 is 3.39. The first-order valence-electron chi connectivity index (χ1n) is 6.40. The fraction of sp³-hybridized carbons (Fsp3) is 0.188. The molecule has 0 radical (unpaired) electrons. The minimum absolute atomic E-state index is 0.0976. The highest BCUT2D eigenvalue weighted by molar-refractivity contribution is 9.10. The zero-order chi connectivity index (χ0) is 14.7. The Morgan fingerprint density at radius 1 is 1.25 bits per heavy atom. The Kier molecular flexibility index (Phi) is 4.45. The topological polar surface area (TPSA) is 55.1 Å². The molecule has 2 aromatic rings. The van der Waals surface area contributed by atoms with E-state index in [0.29, 0.717) is 11.3 Å². The maximum absolute atomic E-state index is 12.3. The predicted octanol–water partition coefficient (Wildman–Crippen LogP) is 3.83. The van der Waals surface area contributed by atoms with Crippen LogP contribution in [-0.2, 0) is 0 Å². The van der Waals surface area contributed by atoms with Crippen molar-refractivity contribution >= 4 is 27.5 Å². The fourth-order valence-electron chi connectivity index (χ4n) is 2.10. The van der Waals surface area contributed by atoms with Gasteiger partial charge in [0, 0.05) is 15.7 Å². The van der Waals surface area contributed by atoms with Crippen molar-refractivity contribution in [2.75, 3.05) is 5.73 Å². The zero-order valence-electron chi connectivity index (χ0n) is 11.5. The number of amides is 1. The molecule has 0 aliphatic rings. The van der Waals surface area contributed by atoms with Gasteiger partial charge in [0.1, 0.15) is 0 Å². The molecule has 0 fully saturated rings. The minimum atomic E-state index is -0.137. The lowest BCUT2D eigenvalue weighted by atomic mass is 10.0. The summed E-state index contributed by atoms with van der Waals surface area (Å²) in [6.45, 7) is 3.85. The van der Waals surface area contributed by atoms with Crippen LogP contribution in [0.2, 0.25) is 0 Å². The van der Waals surface area contributed by atoms with Gasteiger partial charge in [-0.2, -0.15) is 0 Å². The first-order chi connectivity index (χ1) is 9.49. The molecule has 1 atom stereocenters. The number of anilines is 1. The van der Waals surface area contributed by atoms with Crippen molar-refractivity contribution in [3.8, 4) is 0 Å². The normalized spacial score (nSPS) is 11.9. The third kappa shape index (κ3) is 3.20. The lowest BCUT2D eigenvalue weighted by Gasteiger charge is -2.17. The van der Waals surface area contributed by atoms with Crippen LogP contribution in [0.4, 0.5) is 5.69 Å². The average molecular weight is 333 g/mol. The van der Waals surface area contributed by atoms with Crippen molar-refractivity contribution in [3.63, 3.8) is 0 Å². The summed E-state index contributed by atoms with van der Waals surface area (Å²) in [6, 6.07) is 13.1.